The topological polar surface area (TPSA) is 66.5 Å². The molecule has 20 heavy (non-hydrogen) atoms. The van der Waals surface area contributed by atoms with Gasteiger partial charge in [0.25, 0.3) is 0 Å². The monoisotopic (exact) mass is 298 g/mol. The van der Waals surface area contributed by atoms with Crippen molar-refractivity contribution in [1.82, 2.24) is 15.2 Å². The molecule has 2 heterocycles. The minimum atomic E-state index is -0.201. The van der Waals surface area contributed by atoms with E-state index < -0.39 is 0 Å². The van der Waals surface area contributed by atoms with Gasteiger partial charge in [-0.25, -0.2) is 4.98 Å². The first kappa shape index (κ1) is 15.2. The summed E-state index contributed by atoms with van der Waals surface area (Å²) in [6, 6.07) is -0.201. The average molecular weight is 298 g/mol. The van der Waals surface area contributed by atoms with Crippen LogP contribution in [0.4, 0.5) is 5.13 Å². The zero-order chi connectivity index (χ0) is 14.4. The first-order valence-electron chi connectivity index (χ1n) is 7.02. The first-order chi connectivity index (χ1) is 9.74. The summed E-state index contributed by atoms with van der Waals surface area (Å²) < 4.78 is 5.43. The van der Waals surface area contributed by atoms with Crippen molar-refractivity contribution in [1.29, 1.82) is 0 Å². The number of carbonyl (C=O) groups excluding carboxylic acids is 1. The van der Waals surface area contributed by atoms with E-state index in [1.54, 1.807) is 11.3 Å². The number of morpholine rings is 1. The first-order valence-corrected chi connectivity index (χ1v) is 7.84. The van der Waals surface area contributed by atoms with E-state index in [0.29, 0.717) is 19.8 Å². The molecule has 0 bridgehead atoms. The summed E-state index contributed by atoms with van der Waals surface area (Å²) in [5.74, 6) is 0.0450. The van der Waals surface area contributed by atoms with Gasteiger partial charge in [-0.1, -0.05) is 0 Å². The summed E-state index contributed by atoms with van der Waals surface area (Å²) in [6.45, 7) is 8.15. The Balaban J connectivity index is 1.98. The maximum absolute atomic E-state index is 12.0. The molecule has 112 valence electrons. The Morgan fingerprint density at radius 3 is 3.15 bits per heavy atom. The number of nitrogens with one attached hydrogen (secondary N) is 2. The van der Waals surface area contributed by atoms with Gasteiger partial charge in [0.1, 0.15) is 6.04 Å². The number of aromatic nitrogens is 1. The molecule has 2 rings (SSSR count). The van der Waals surface area contributed by atoms with Crippen molar-refractivity contribution in [3.63, 3.8) is 0 Å². The van der Waals surface area contributed by atoms with Crippen LogP contribution in [-0.2, 0) is 16.1 Å². The molecule has 0 saturated carbocycles. The fourth-order valence-electron chi connectivity index (χ4n) is 2.17. The quantitative estimate of drug-likeness (QED) is 0.817. The van der Waals surface area contributed by atoms with Gasteiger partial charge in [-0.05, 0) is 13.8 Å². The number of thiazole rings is 1. The van der Waals surface area contributed by atoms with Crippen molar-refractivity contribution in [2.75, 3.05) is 38.2 Å². The number of carbonyl (C=O) groups is 1. The number of rotatable bonds is 6. The highest BCUT2D eigenvalue weighted by molar-refractivity contribution is 7.15. The van der Waals surface area contributed by atoms with E-state index in [4.69, 9.17) is 4.74 Å². The Kier molecular flexibility index (Phi) is 5.75. The second-order valence-corrected chi connectivity index (χ2v) is 5.73. The fourth-order valence-corrected chi connectivity index (χ4v) is 3.08. The van der Waals surface area contributed by atoms with E-state index in [1.807, 2.05) is 20.0 Å². The lowest BCUT2D eigenvalue weighted by Crippen LogP contribution is -2.53. The van der Waals surface area contributed by atoms with Crippen molar-refractivity contribution in [3.05, 3.63) is 11.1 Å². The van der Waals surface area contributed by atoms with Gasteiger partial charge in [0.2, 0.25) is 5.91 Å². The van der Waals surface area contributed by atoms with Crippen LogP contribution in [0.15, 0.2) is 6.20 Å². The number of nitrogens with zero attached hydrogens (tertiary/aromatic N) is 2. The van der Waals surface area contributed by atoms with Gasteiger partial charge in [-0.15, -0.1) is 11.3 Å². The smallest absolute Gasteiger partial charge is 0.239 e. The van der Waals surface area contributed by atoms with Crippen molar-refractivity contribution in [3.8, 4) is 0 Å². The average Bonchev–Trinajstić information content (AvgIpc) is 2.87. The van der Waals surface area contributed by atoms with E-state index in [-0.39, 0.29) is 11.9 Å². The summed E-state index contributed by atoms with van der Waals surface area (Å²) in [4.78, 5) is 19.7. The van der Waals surface area contributed by atoms with Gasteiger partial charge in [0.05, 0.1) is 13.2 Å². The Morgan fingerprint density at radius 2 is 2.40 bits per heavy atom. The van der Waals surface area contributed by atoms with Crippen LogP contribution < -0.4 is 10.6 Å². The standard InChI is InChI=1S/C13H22N4O2S/c1-3-14-12(18)11-9-19-6-5-17(11)8-10-7-16-13(20-10)15-4-2/h7,11H,3-6,8-9H2,1-2H3,(H,14,18)(H,15,16). The van der Waals surface area contributed by atoms with Gasteiger partial charge in [-0.3, -0.25) is 9.69 Å². The molecular weight excluding hydrogens is 276 g/mol. The van der Waals surface area contributed by atoms with Gasteiger partial charge < -0.3 is 15.4 Å². The molecular formula is C13H22N4O2S. The van der Waals surface area contributed by atoms with Crippen LogP contribution in [0.2, 0.25) is 0 Å². The number of hydrogen-bond acceptors (Lipinski definition) is 6. The highest BCUT2D eigenvalue weighted by Gasteiger charge is 2.29. The Bertz CT molecular complexity index is 438. The number of hydrogen-bond donors (Lipinski definition) is 2. The summed E-state index contributed by atoms with van der Waals surface area (Å²) in [5, 5.41) is 7.01. The molecule has 1 fully saturated rings. The predicted molar refractivity (Wildman–Crippen MR) is 80.0 cm³/mol. The van der Waals surface area contributed by atoms with E-state index >= 15 is 0 Å². The SMILES string of the molecule is CCNC(=O)C1COCCN1Cc1cnc(NCC)s1. The number of amides is 1. The maximum atomic E-state index is 12.0. The summed E-state index contributed by atoms with van der Waals surface area (Å²) in [5.41, 5.74) is 0. The third-order valence-electron chi connectivity index (χ3n) is 3.13. The molecule has 1 atom stereocenters. The van der Waals surface area contributed by atoms with Gasteiger partial charge in [0, 0.05) is 37.3 Å². The van der Waals surface area contributed by atoms with Crippen LogP contribution in [0.5, 0.6) is 0 Å². The van der Waals surface area contributed by atoms with E-state index in [2.05, 4.69) is 20.5 Å². The second-order valence-electron chi connectivity index (χ2n) is 4.62. The lowest BCUT2D eigenvalue weighted by atomic mass is 10.2. The molecule has 1 aliphatic rings. The van der Waals surface area contributed by atoms with Crippen molar-refractivity contribution < 1.29 is 9.53 Å². The van der Waals surface area contributed by atoms with E-state index in [0.717, 1.165) is 29.6 Å². The number of likely N-dealkylation sites (N-methyl/N-ethyl adjacent to an activating group) is 1. The van der Waals surface area contributed by atoms with Gasteiger partial charge in [-0.2, -0.15) is 0 Å². The Morgan fingerprint density at radius 1 is 1.55 bits per heavy atom. The molecule has 2 N–H and O–H groups in total. The number of ether oxygens (including phenoxy) is 1. The maximum Gasteiger partial charge on any atom is 0.239 e. The molecule has 1 aromatic rings. The summed E-state index contributed by atoms with van der Waals surface area (Å²) >= 11 is 1.64. The zero-order valence-corrected chi connectivity index (χ0v) is 12.8. The van der Waals surface area contributed by atoms with Crippen LogP contribution >= 0.6 is 11.3 Å². The third-order valence-corrected chi connectivity index (χ3v) is 4.07. The van der Waals surface area contributed by atoms with Gasteiger partial charge >= 0.3 is 0 Å². The molecule has 0 aromatic carbocycles. The van der Waals surface area contributed by atoms with Crippen molar-refractivity contribution >= 4 is 22.4 Å². The molecule has 1 saturated heterocycles. The van der Waals surface area contributed by atoms with Crippen LogP contribution in [-0.4, -0.2) is 54.7 Å². The molecule has 1 amide bonds. The van der Waals surface area contributed by atoms with Gasteiger partial charge in [0.15, 0.2) is 5.13 Å². The Labute approximate surface area is 123 Å². The fraction of sp³-hybridized carbons (Fsp3) is 0.692. The summed E-state index contributed by atoms with van der Waals surface area (Å²) in [6.07, 6.45) is 1.88. The lowest BCUT2D eigenvalue weighted by molar-refractivity contribution is -0.132. The van der Waals surface area contributed by atoms with Crippen molar-refractivity contribution in [2.24, 2.45) is 0 Å². The molecule has 0 spiro atoms. The highest BCUT2D eigenvalue weighted by atomic mass is 32.1. The molecule has 6 nitrogen and oxygen atoms in total. The van der Waals surface area contributed by atoms with E-state index in [1.165, 1.54) is 0 Å². The summed E-state index contributed by atoms with van der Waals surface area (Å²) in [7, 11) is 0. The van der Waals surface area contributed by atoms with Crippen LogP contribution in [0, 0.1) is 0 Å². The molecule has 7 heteroatoms. The lowest BCUT2D eigenvalue weighted by Gasteiger charge is -2.33. The third kappa shape index (κ3) is 3.91. The predicted octanol–water partition coefficient (Wildman–Crippen LogP) is 0.912. The molecule has 0 aliphatic carbocycles. The Hall–Kier alpha value is -1.18. The highest BCUT2D eigenvalue weighted by Crippen LogP contribution is 2.21. The molecule has 1 unspecified atom stereocenters. The van der Waals surface area contributed by atoms with Crippen LogP contribution in [0.25, 0.3) is 0 Å². The molecule has 0 radical (unpaired) electrons. The zero-order valence-electron chi connectivity index (χ0n) is 12.0. The minimum Gasteiger partial charge on any atom is -0.378 e. The van der Waals surface area contributed by atoms with Crippen molar-refractivity contribution in [2.45, 2.75) is 26.4 Å². The number of anilines is 1. The van der Waals surface area contributed by atoms with E-state index in [9.17, 15) is 4.79 Å². The molecule has 1 aliphatic heterocycles. The minimum absolute atomic E-state index is 0.0450. The molecule has 1 aromatic heterocycles. The normalized spacial score (nSPS) is 19.8. The largest absolute Gasteiger partial charge is 0.378 e. The van der Waals surface area contributed by atoms with Crippen LogP contribution in [0.1, 0.15) is 18.7 Å². The second kappa shape index (κ2) is 7.56. The van der Waals surface area contributed by atoms with Crippen LogP contribution in [0.3, 0.4) is 0 Å².